The maximum atomic E-state index is 11.8. The highest BCUT2D eigenvalue weighted by atomic mass is 17.2. The zero-order valence-corrected chi connectivity index (χ0v) is 11.7. The molecule has 0 radical (unpaired) electrons. The zero-order valence-electron chi connectivity index (χ0n) is 11.7. The van der Waals surface area contributed by atoms with Crippen LogP contribution in [0.4, 0.5) is 0 Å². The molecule has 0 heterocycles. The third kappa shape index (κ3) is 3.75. The molecule has 0 unspecified atom stereocenters. The number of hydrogen-bond acceptors (Lipinski definition) is 6. The second-order valence-electron chi connectivity index (χ2n) is 3.93. The van der Waals surface area contributed by atoms with E-state index in [0.717, 1.165) is 0 Å². The van der Waals surface area contributed by atoms with E-state index in [0.29, 0.717) is 17.2 Å². The van der Waals surface area contributed by atoms with Gasteiger partial charge in [-0.2, -0.15) is 4.89 Å². The molecule has 1 aromatic rings. The van der Waals surface area contributed by atoms with E-state index in [1.165, 1.54) is 33.5 Å². The van der Waals surface area contributed by atoms with Gasteiger partial charge in [-0.3, -0.25) is 4.89 Å². The van der Waals surface area contributed by atoms with E-state index in [-0.39, 0.29) is 11.7 Å². The number of carbonyl (C=O) groups excluding carboxylic acids is 1. The molecule has 0 aliphatic rings. The van der Waals surface area contributed by atoms with Crippen molar-refractivity contribution in [2.24, 2.45) is 0 Å². The van der Waals surface area contributed by atoms with Crippen LogP contribution in [0.1, 0.15) is 24.2 Å². The van der Waals surface area contributed by atoms with E-state index in [9.17, 15) is 4.79 Å². The van der Waals surface area contributed by atoms with Crippen LogP contribution in [0.2, 0.25) is 0 Å². The average molecular weight is 270 g/mol. The lowest BCUT2D eigenvalue weighted by Gasteiger charge is -2.13. The van der Waals surface area contributed by atoms with Crippen molar-refractivity contribution in [3.05, 3.63) is 17.7 Å². The molecular weight excluding hydrogens is 252 g/mol. The monoisotopic (exact) mass is 270 g/mol. The largest absolute Gasteiger partial charge is 0.493 e. The Bertz CT molecular complexity index is 416. The molecule has 0 saturated carbocycles. The van der Waals surface area contributed by atoms with Gasteiger partial charge in [0.15, 0.2) is 11.5 Å². The molecule has 19 heavy (non-hydrogen) atoms. The van der Waals surface area contributed by atoms with Crippen molar-refractivity contribution in [3.63, 3.8) is 0 Å². The molecule has 1 aromatic carbocycles. The Kier molecular flexibility index (Phi) is 5.44. The number of hydrogen-bond donors (Lipinski definition) is 0. The van der Waals surface area contributed by atoms with E-state index in [1.54, 1.807) is 13.8 Å². The molecule has 106 valence electrons. The number of benzene rings is 1. The SMILES string of the molecule is COc1cc(C(=O)OOC(C)C)cc(OC)c1OC. The summed E-state index contributed by atoms with van der Waals surface area (Å²) in [6.45, 7) is 3.50. The first kappa shape index (κ1) is 15.1. The minimum Gasteiger partial charge on any atom is -0.493 e. The number of rotatable bonds is 6. The lowest BCUT2D eigenvalue weighted by Crippen LogP contribution is -2.11. The highest BCUT2D eigenvalue weighted by Crippen LogP contribution is 2.38. The lowest BCUT2D eigenvalue weighted by atomic mass is 10.2. The fraction of sp³-hybridized carbons (Fsp3) is 0.462. The summed E-state index contributed by atoms with van der Waals surface area (Å²) in [4.78, 5) is 21.3. The van der Waals surface area contributed by atoms with E-state index in [2.05, 4.69) is 4.89 Å². The van der Waals surface area contributed by atoms with E-state index in [1.807, 2.05) is 0 Å². The topological polar surface area (TPSA) is 63.2 Å². The van der Waals surface area contributed by atoms with Gasteiger partial charge in [-0.15, -0.1) is 0 Å². The van der Waals surface area contributed by atoms with E-state index < -0.39 is 5.97 Å². The zero-order chi connectivity index (χ0) is 14.4. The lowest BCUT2D eigenvalue weighted by molar-refractivity contribution is -0.265. The first-order valence-corrected chi connectivity index (χ1v) is 5.71. The molecule has 0 bridgehead atoms. The van der Waals surface area contributed by atoms with Crippen LogP contribution in [-0.4, -0.2) is 33.4 Å². The summed E-state index contributed by atoms with van der Waals surface area (Å²) in [6.07, 6.45) is -0.217. The molecule has 0 amide bonds. The van der Waals surface area contributed by atoms with Crippen LogP contribution in [0.15, 0.2) is 12.1 Å². The van der Waals surface area contributed by atoms with Gasteiger partial charge in [0, 0.05) is 0 Å². The van der Waals surface area contributed by atoms with Crippen LogP contribution in [0.5, 0.6) is 17.2 Å². The predicted octanol–water partition coefficient (Wildman–Crippen LogP) is 2.21. The number of carbonyl (C=O) groups is 1. The quantitative estimate of drug-likeness (QED) is 0.583. The minimum atomic E-state index is -0.632. The van der Waals surface area contributed by atoms with E-state index in [4.69, 9.17) is 19.1 Å². The molecular formula is C13H18O6. The van der Waals surface area contributed by atoms with Crippen molar-refractivity contribution in [1.82, 2.24) is 0 Å². The highest BCUT2D eigenvalue weighted by molar-refractivity contribution is 5.90. The molecule has 6 heteroatoms. The Morgan fingerprint density at radius 1 is 1.00 bits per heavy atom. The third-order valence-electron chi connectivity index (χ3n) is 2.22. The predicted molar refractivity (Wildman–Crippen MR) is 67.7 cm³/mol. The molecule has 0 aromatic heterocycles. The van der Waals surface area contributed by atoms with Gasteiger partial charge in [0.05, 0.1) is 33.0 Å². The molecule has 0 saturated heterocycles. The van der Waals surface area contributed by atoms with Crippen molar-refractivity contribution >= 4 is 5.97 Å². The van der Waals surface area contributed by atoms with Gasteiger partial charge in [-0.05, 0) is 26.0 Å². The van der Waals surface area contributed by atoms with Gasteiger partial charge >= 0.3 is 5.97 Å². The Hall–Kier alpha value is -1.95. The third-order valence-corrected chi connectivity index (χ3v) is 2.22. The van der Waals surface area contributed by atoms with Crippen LogP contribution in [0.25, 0.3) is 0 Å². The van der Waals surface area contributed by atoms with Crippen LogP contribution >= 0.6 is 0 Å². The summed E-state index contributed by atoms with van der Waals surface area (Å²) in [5.41, 5.74) is 0.246. The molecule has 6 nitrogen and oxygen atoms in total. The molecule has 0 N–H and O–H groups in total. The van der Waals surface area contributed by atoms with Crippen molar-refractivity contribution in [1.29, 1.82) is 0 Å². The number of ether oxygens (including phenoxy) is 3. The Labute approximate surface area is 112 Å². The van der Waals surface area contributed by atoms with Gasteiger partial charge in [0.1, 0.15) is 0 Å². The fourth-order valence-corrected chi connectivity index (χ4v) is 1.39. The van der Waals surface area contributed by atoms with Crippen LogP contribution in [0.3, 0.4) is 0 Å². The normalized spacial score (nSPS) is 10.2. The standard InChI is InChI=1S/C13H18O6/c1-8(2)18-19-13(14)9-6-10(15-3)12(17-5)11(7-9)16-4/h6-8H,1-5H3. The summed E-state index contributed by atoms with van der Waals surface area (Å²) < 4.78 is 15.4. The molecule has 0 spiro atoms. The Morgan fingerprint density at radius 3 is 1.89 bits per heavy atom. The molecule has 0 atom stereocenters. The smallest absolute Gasteiger partial charge is 0.373 e. The van der Waals surface area contributed by atoms with Gasteiger partial charge < -0.3 is 14.2 Å². The van der Waals surface area contributed by atoms with Crippen molar-refractivity contribution < 1.29 is 28.8 Å². The van der Waals surface area contributed by atoms with Gasteiger partial charge in [0.2, 0.25) is 5.75 Å². The number of methoxy groups -OCH3 is 3. The molecule has 0 fully saturated rings. The summed E-state index contributed by atoms with van der Waals surface area (Å²) in [6, 6.07) is 2.99. The van der Waals surface area contributed by atoms with Crippen LogP contribution in [-0.2, 0) is 9.78 Å². The minimum absolute atomic E-state index is 0.217. The van der Waals surface area contributed by atoms with Crippen molar-refractivity contribution in [2.45, 2.75) is 20.0 Å². The molecule has 1 rings (SSSR count). The van der Waals surface area contributed by atoms with E-state index >= 15 is 0 Å². The summed E-state index contributed by atoms with van der Waals surface area (Å²) in [5.74, 6) is 0.524. The second-order valence-corrected chi connectivity index (χ2v) is 3.93. The Balaban J connectivity index is 3.05. The summed E-state index contributed by atoms with van der Waals surface area (Å²) >= 11 is 0. The maximum Gasteiger partial charge on any atom is 0.373 e. The van der Waals surface area contributed by atoms with Gasteiger partial charge in [-0.1, -0.05) is 0 Å². The first-order valence-electron chi connectivity index (χ1n) is 5.71. The van der Waals surface area contributed by atoms with Crippen molar-refractivity contribution in [2.75, 3.05) is 21.3 Å². The first-order chi connectivity index (χ1) is 9.03. The average Bonchev–Trinajstić information content (AvgIpc) is 2.42. The van der Waals surface area contributed by atoms with Gasteiger partial charge in [-0.25, -0.2) is 4.79 Å². The second kappa shape index (κ2) is 6.84. The van der Waals surface area contributed by atoms with Crippen LogP contribution in [0, 0.1) is 0 Å². The Morgan fingerprint density at radius 2 is 1.53 bits per heavy atom. The highest BCUT2D eigenvalue weighted by Gasteiger charge is 2.18. The summed E-state index contributed by atoms with van der Waals surface area (Å²) in [5, 5.41) is 0. The molecule has 0 aliphatic heterocycles. The fourth-order valence-electron chi connectivity index (χ4n) is 1.39. The maximum absolute atomic E-state index is 11.8. The van der Waals surface area contributed by atoms with Gasteiger partial charge in [0.25, 0.3) is 0 Å². The van der Waals surface area contributed by atoms with Crippen molar-refractivity contribution in [3.8, 4) is 17.2 Å². The summed E-state index contributed by atoms with van der Waals surface area (Å²) in [7, 11) is 4.42. The van der Waals surface area contributed by atoms with Crippen LogP contribution < -0.4 is 14.2 Å². The molecule has 0 aliphatic carbocycles.